The molecule has 23 heavy (non-hydrogen) atoms. The molecule has 0 fully saturated rings. The second-order valence-corrected chi connectivity index (χ2v) is 6.70. The minimum atomic E-state index is -4.33. The van der Waals surface area contributed by atoms with Crippen LogP contribution >= 0.6 is 0 Å². The first-order valence-corrected chi connectivity index (χ1v) is 7.58. The highest BCUT2D eigenvalue weighted by Gasteiger charge is 2.33. The Kier molecular flexibility index (Phi) is 4.98. The van der Waals surface area contributed by atoms with Gasteiger partial charge in [0, 0.05) is 12.0 Å². The molecule has 0 heterocycles. The topological polar surface area (TPSA) is 0 Å². The molecule has 0 unspecified atom stereocenters. The van der Waals surface area contributed by atoms with Crippen LogP contribution in [0.3, 0.4) is 0 Å². The number of benzene rings is 2. The van der Waals surface area contributed by atoms with Gasteiger partial charge < -0.3 is 0 Å². The van der Waals surface area contributed by atoms with Crippen molar-refractivity contribution in [2.24, 2.45) is 0 Å². The van der Waals surface area contributed by atoms with E-state index in [0.29, 0.717) is 11.1 Å². The smallest absolute Gasteiger partial charge is 0.166 e. The molecule has 122 valence electrons. The minimum absolute atomic E-state index is 0.0147. The van der Waals surface area contributed by atoms with Gasteiger partial charge in [-0.3, -0.25) is 0 Å². The van der Waals surface area contributed by atoms with Crippen molar-refractivity contribution in [3.8, 4) is 0 Å². The molecule has 2 aromatic rings. The van der Waals surface area contributed by atoms with Gasteiger partial charge in [0.25, 0.3) is 0 Å². The van der Waals surface area contributed by atoms with Crippen LogP contribution in [0.2, 0.25) is 0 Å². The summed E-state index contributed by atoms with van der Waals surface area (Å²) in [7, 11) is 0. The molecule has 0 aliphatic rings. The van der Waals surface area contributed by atoms with Gasteiger partial charge in [0.05, 0.1) is 0 Å². The lowest BCUT2D eigenvalue weighted by Gasteiger charge is -2.19. The van der Waals surface area contributed by atoms with E-state index in [2.05, 4.69) is 20.8 Å². The highest BCUT2D eigenvalue weighted by atomic mass is 19.4. The summed E-state index contributed by atoms with van der Waals surface area (Å²) in [5.41, 5.74) is 1.78. The number of allylic oxidation sites excluding steroid dienone is 1. The average Bonchev–Trinajstić information content (AvgIpc) is 2.46. The zero-order valence-corrected chi connectivity index (χ0v) is 13.6. The highest BCUT2D eigenvalue weighted by Crippen LogP contribution is 2.31. The van der Waals surface area contributed by atoms with Gasteiger partial charge in [0.2, 0.25) is 0 Å². The lowest BCUT2D eigenvalue weighted by molar-refractivity contribution is -0.0921. The molecule has 2 rings (SSSR count). The molecule has 3 heteroatoms. The first-order valence-electron chi connectivity index (χ1n) is 7.58. The van der Waals surface area contributed by atoms with Crippen LogP contribution in [-0.2, 0) is 11.8 Å². The van der Waals surface area contributed by atoms with Crippen molar-refractivity contribution in [1.29, 1.82) is 0 Å². The van der Waals surface area contributed by atoms with Gasteiger partial charge in [-0.05, 0) is 28.2 Å². The van der Waals surface area contributed by atoms with Gasteiger partial charge in [0.1, 0.15) is 0 Å². The van der Waals surface area contributed by atoms with E-state index in [1.807, 2.05) is 12.1 Å². The molecule has 0 saturated heterocycles. The molecule has 0 saturated carbocycles. The first-order chi connectivity index (χ1) is 10.7. The van der Waals surface area contributed by atoms with E-state index in [9.17, 15) is 13.2 Å². The number of alkyl halides is 3. The predicted octanol–water partition coefficient (Wildman–Crippen LogP) is 6.17. The van der Waals surface area contributed by atoms with Crippen LogP contribution in [0.1, 0.15) is 37.5 Å². The molecule has 0 bridgehead atoms. The molecule has 0 amide bonds. The fourth-order valence-corrected chi connectivity index (χ4v) is 2.33. The van der Waals surface area contributed by atoms with Crippen LogP contribution in [-0.4, -0.2) is 6.18 Å². The van der Waals surface area contributed by atoms with E-state index >= 15 is 0 Å². The number of halogens is 3. The summed E-state index contributed by atoms with van der Waals surface area (Å²) in [5, 5.41) is 0. The second kappa shape index (κ2) is 6.61. The van der Waals surface area contributed by atoms with Gasteiger partial charge in [-0.1, -0.05) is 75.4 Å². The number of hydrogen-bond acceptors (Lipinski definition) is 0. The Morgan fingerprint density at radius 3 is 1.91 bits per heavy atom. The summed E-state index contributed by atoms with van der Waals surface area (Å²) < 4.78 is 39.9. The van der Waals surface area contributed by atoms with Gasteiger partial charge in [0.15, 0.2) is 0 Å². The van der Waals surface area contributed by atoms with Crippen molar-refractivity contribution >= 4 is 6.08 Å². The average molecular weight is 318 g/mol. The predicted molar refractivity (Wildman–Crippen MR) is 89.3 cm³/mol. The van der Waals surface area contributed by atoms with Crippen molar-refractivity contribution < 1.29 is 13.2 Å². The Labute approximate surface area is 135 Å². The van der Waals surface area contributed by atoms with Gasteiger partial charge in [-0.25, -0.2) is 0 Å². The summed E-state index contributed by atoms with van der Waals surface area (Å²) >= 11 is 0. The molecule has 0 N–H and O–H groups in total. The molecule has 0 aromatic heterocycles. The van der Waals surface area contributed by atoms with Crippen LogP contribution in [0.5, 0.6) is 0 Å². The van der Waals surface area contributed by atoms with Crippen molar-refractivity contribution in [1.82, 2.24) is 0 Å². The third-order valence-electron chi connectivity index (χ3n) is 3.72. The SMILES string of the molecule is CC(C)(C)c1ccc(/C=C(\Cc2ccccc2)C(F)(F)F)cc1. The summed E-state index contributed by atoms with van der Waals surface area (Å²) in [6.45, 7) is 6.23. The summed E-state index contributed by atoms with van der Waals surface area (Å²) in [5.74, 6) is 0. The minimum Gasteiger partial charge on any atom is -0.166 e. The molecule has 0 atom stereocenters. The van der Waals surface area contributed by atoms with Gasteiger partial charge in [-0.15, -0.1) is 0 Å². The fraction of sp³-hybridized carbons (Fsp3) is 0.300. The van der Waals surface area contributed by atoms with E-state index in [0.717, 1.165) is 5.56 Å². The van der Waals surface area contributed by atoms with E-state index in [1.165, 1.54) is 6.08 Å². The fourth-order valence-electron chi connectivity index (χ4n) is 2.33. The summed E-state index contributed by atoms with van der Waals surface area (Å²) in [4.78, 5) is 0. The molecule has 0 spiro atoms. The molecule has 0 aliphatic heterocycles. The van der Waals surface area contributed by atoms with Crippen molar-refractivity contribution in [2.75, 3.05) is 0 Å². The maximum absolute atomic E-state index is 13.3. The maximum Gasteiger partial charge on any atom is 0.413 e. The standard InChI is InChI=1S/C20H21F3/c1-19(2,3)17-11-9-16(10-12-17)14-18(20(21,22)23)13-15-7-5-4-6-8-15/h4-12,14H,13H2,1-3H3/b18-14+. The summed E-state index contributed by atoms with van der Waals surface area (Å²) in [6.07, 6.45) is -3.22. The lowest BCUT2D eigenvalue weighted by Crippen LogP contribution is -2.14. The van der Waals surface area contributed by atoms with E-state index in [4.69, 9.17) is 0 Å². The lowest BCUT2D eigenvalue weighted by atomic mass is 9.86. The van der Waals surface area contributed by atoms with Crippen LogP contribution in [0, 0.1) is 0 Å². The maximum atomic E-state index is 13.3. The van der Waals surface area contributed by atoms with E-state index in [1.54, 1.807) is 42.5 Å². The third kappa shape index (κ3) is 4.98. The molecule has 0 aliphatic carbocycles. The second-order valence-electron chi connectivity index (χ2n) is 6.70. The Bertz CT molecular complexity index is 657. The quantitative estimate of drug-likeness (QED) is 0.634. The molecular weight excluding hydrogens is 297 g/mol. The van der Waals surface area contributed by atoms with Crippen LogP contribution < -0.4 is 0 Å². The van der Waals surface area contributed by atoms with Crippen LogP contribution in [0.25, 0.3) is 6.08 Å². The zero-order chi connectivity index (χ0) is 17.1. The number of rotatable bonds is 3. The van der Waals surface area contributed by atoms with Gasteiger partial charge in [-0.2, -0.15) is 13.2 Å². The third-order valence-corrected chi connectivity index (χ3v) is 3.72. The largest absolute Gasteiger partial charge is 0.413 e. The molecule has 2 aromatic carbocycles. The van der Waals surface area contributed by atoms with Crippen molar-refractivity contribution in [3.63, 3.8) is 0 Å². The molecular formula is C20H21F3. The van der Waals surface area contributed by atoms with Crippen LogP contribution in [0.15, 0.2) is 60.2 Å². The summed E-state index contributed by atoms with van der Waals surface area (Å²) in [6, 6.07) is 16.0. The monoisotopic (exact) mass is 318 g/mol. The van der Waals surface area contributed by atoms with E-state index in [-0.39, 0.29) is 11.8 Å². The Morgan fingerprint density at radius 1 is 0.870 bits per heavy atom. The van der Waals surface area contributed by atoms with Crippen molar-refractivity contribution in [2.45, 2.75) is 38.8 Å². The highest BCUT2D eigenvalue weighted by molar-refractivity contribution is 5.55. The van der Waals surface area contributed by atoms with Crippen molar-refractivity contribution in [3.05, 3.63) is 76.9 Å². The Hall–Kier alpha value is -2.03. The zero-order valence-electron chi connectivity index (χ0n) is 13.6. The van der Waals surface area contributed by atoms with Crippen LogP contribution in [0.4, 0.5) is 13.2 Å². The molecule has 0 radical (unpaired) electrons. The first kappa shape index (κ1) is 17.3. The van der Waals surface area contributed by atoms with Gasteiger partial charge >= 0.3 is 6.18 Å². The Morgan fingerprint density at radius 2 is 1.43 bits per heavy atom. The Balaban J connectivity index is 2.30. The normalized spacial score (nSPS) is 13.2. The van der Waals surface area contributed by atoms with E-state index < -0.39 is 11.7 Å². The molecule has 0 nitrogen and oxygen atoms in total. The number of hydrogen-bond donors (Lipinski definition) is 0.